The van der Waals surface area contributed by atoms with Crippen molar-refractivity contribution in [1.82, 2.24) is 9.78 Å². The summed E-state index contributed by atoms with van der Waals surface area (Å²) in [6, 6.07) is 21.9. The Bertz CT molecular complexity index is 1380. The van der Waals surface area contributed by atoms with Gasteiger partial charge in [0.25, 0.3) is 0 Å². The molecule has 0 aliphatic heterocycles. The number of halogens is 1. The lowest BCUT2D eigenvalue weighted by Crippen LogP contribution is -2.15. The second kappa shape index (κ2) is 11.1. The fraction of sp³-hybridized carbons (Fsp3) is 0.148. The maximum absolute atomic E-state index is 13.0. The van der Waals surface area contributed by atoms with E-state index in [0.717, 1.165) is 10.0 Å². The molecule has 0 radical (unpaired) electrons. The summed E-state index contributed by atoms with van der Waals surface area (Å²) in [5.74, 6) is -0.677. The van der Waals surface area contributed by atoms with Crippen LogP contribution in [-0.2, 0) is 16.1 Å². The first kappa shape index (κ1) is 25.0. The third-order valence-corrected chi connectivity index (χ3v) is 5.93. The van der Waals surface area contributed by atoms with Crippen LogP contribution in [0.3, 0.4) is 0 Å². The molecule has 4 aromatic rings. The molecule has 0 aliphatic carbocycles. The van der Waals surface area contributed by atoms with Gasteiger partial charge in [-0.2, -0.15) is 5.10 Å². The van der Waals surface area contributed by atoms with Crippen molar-refractivity contribution < 1.29 is 28.5 Å². The second-order valence-electron chi connectivity index (χ2n) is 7.55. The first-order valence-corrected chi connectivity index (χ1v) is 11.7. The van der Waals surface area contributed by atoms with Gasteiger partial charge in [0.1, 0.15) is 17.9 Å². The van der Waals surface area contributed by atoms with E-state index >= 15 is 0 Å². The molecule has 1 heterocycles. The minimum Gasteiger partial charge on any atom is -0.493 e. The predicted octanol–water partition coefficient (Wildman–Crippen LogP) is 5.46. The van der Waals surface area contributed by atoms with E-state index in [2.05, 4.69) is 21.0 Å². The van der Waals surface area contributed by atoms with Crippen molar-refractivity contribution in [3.8, 4) is 28.4 Å². The molecule has 0 N–H and O–H groups in total. The van der Waals surface area contributed by atoms with Gasteiger partial charge in [-0.3, -0.25) is 0 Å². The molecule has 184 valence electrons. The maximum Gasteiger partial charge on any atom is 0.357 e. The number of benzene rings is 3. The van der Waals surface area contributed by atoms with Crippen LogP contribution in [0.1, 0.15) is 26.4 Å². The number of nitrogens with zero attached hydrogens (tertiary/aromatic N) is 2. The van der Waals surface area contributed by atoms with Gasteiger partial charge in [-0.05, 0) is 42.0 Å². The van der Waals surface area contributed by atoms with Crippen LogP contribution < -0.4 is 9.47 Å². The topological polar surface area (TPSA) is 88.9 Å². The Kier molecular flexibility index (Phi) is 7.70. The summed E-state index contributed by atoms with van der Waals surface area (Å²) in [5.41, 5.74) is 2.02. The van der Waals surface area contributed by atoms with Crippen LogP contribution in [0.5, 0.6) is 11.5 Å². The highest BCUT2D eigenvalue weighted by atomic mass is 79.9. The molecular weight excluding hydrogens is 528 g/mol. The van der Waals surface area contributed by atoms with Crippen molar-refractivity contribution in [1.29, 1.82) is 0 Å². The van der Waals surface area contributed by atoms with E-state index in [1.54, 1.807) is 42.5 Å². The molecule has 36 heavy (non-hydrogen) atoms. The molecule has 0 saturated carbocycles. The normalized spacial score (nSPS) is 10.6. The highest BCUT2D eigenvalue weighted by Gasteiger charge is 2.33. The lowest BCUT2D eigenvalue weighted by Gasteiger charge is -2.15. The van der Waals surface area contributed by atoms with E-state index < -0.39 is 11.9 Å². The van der Waals surface area contributed by atoms with Crippen molar-refractivity contribution in [2.45, 2.75) is 6.61 Å². The van der Waals surface area contributed by atoms with Gasteiger partial charge in [-0.25, -0.2) is 14.3 Å². The van der Waals surface area contributed by atoms with Crippen LogP contribution in [-0.4, -0.2) is 43.0 Å². The van der Waals surface area contributed by atoms with E-state index in [1.165, 1.54) is 26.0 Å². The Labute approximate surface area is 216 Å². The monoisotopic (exact) mass is 550 g/mol. The maximum atomic E-state index is 13.0. The molecule has 0 saturated heterocycles. The Balaban J connectivity index is 1.93. The summed E-state index contributed by atoms with van der Waals surface area (Å²) >= 11 is 3.43. The zero-order chi connectivity index (χ0) is 25.7. The predicted molar refractivity (Wildman–Crippen MR) is 137 cm³/mol. The Morgan fingerprint density at radius 1 is 0.861 bits per heavy atom. The van der Waals surface area contributed by atoms with Crippen LogP contribution in [0.4, 0.5) is 0 Å². The SMILES string of the molecule is COC(=O)c1c(-c2cccc(OC)c2OCc2ccc(Br)cc2)nn(-c2ccccc2)c1C(=O)OC. The van der Waals surface area contributed by atoms with Crippen LogP contribution in [0.15, 0.2) is 77.3 Å². The number of esters is 2. The lowest BCUT2D eigenvalue weighted by atomic mass is 10.0. The summed E-state index contributed by atoms with van der Waals surface area (Å²) in [4.78, 5) is 25.9. The molecule has 0 bridgehead atoms. The number of para-hydroxylation sites is 2. The third-order valence-electron chi connectivity index (χ3n) is 5.40. The summed E-state index contributed by atoms with van der Waals surface area (Å²) in [7, 11) is 4.00. The Morgan fingerprint density at radius 2 is 1.56 bits per heavy atom. The van der Waals surface area contributed by atoms with E-state index in [-0.39, 0.29) is 23.6 Å². The standard InChI is InChI=1S/C27H23BrN2O6/c1-33-21-11-7-10-20(25(21)36-16-17-12-14-18(28)15-13-17)23-22(26(31)34-2)24(27(32)35-3)30(29-23)19-8-5-4-6-9-19/h4-15H,16H2,1-3H3. The molecule has 4 rings (SSSR count). The van der Waals surface area contributed by atoms with Crippen molar-refractivity contribution in [2.24, 2.45) is 0 Å². The number of methoxy groups -OCH3 is 3. The molecule has 1 aromatic heterocycles. The zero-order valence-electron chi connectivity index (χ0n) is 19.9. The minimum absolute atomic E-state index is 0.0463. The number of hydrogen-bond donors (Lipinski definition) is 0. The molecular formula is C27H23BrN2O6. The fourth-order valence-corrected chi connectivity index (χ4v) is 3.96. The first-order chi connectivity index (χ1) is 17.5. The zero-order valence-corrected chi connectivity index (χ0v) is 21.4. The Morgan fingerprint density at radius 3 is 2.19 bits per heavy atom. The minimum atomic E-state index is -0.741. The number of hydrogen-bond acceptors (Lipinski definition) is 7. The molecule has 9 heteroatoms. The van der Waals surface area contributed by atoms with Crippen molar-refractivity contribution in [3.63, 3.8) is 0 Å². The van der Waals surface area contributed by atoms with Gasteiger partial charge in [0.2, 0.25) is 0 Å². The number of carbonyl (C=O) groups excluding carboxylic acids is 2. The molecule has 8 nitrogen and oxygen atoms in total. The summed E-state index contributed by atoms with van der Waals surface area (Å²) in [6.07, 6.45) is 0. The van der Waals surface area contributed by atoms with E-state index in [9.17, 15) is 9.59 Å². The molecule has 0 aliphatic rings. The molecule has 0 atom stereocenters. The van der Waals surface area contributed by atoms with Gasteiger partial charge >= 0.3 is 11.9 Å². The van der Waals surface area contributed by atoms with E-state index in [1.807, 2.05) is 30.3 Å². The van der Waals surface area contributed by atoms with Crippen molar-refractivity contribution in [3.05, 3.63) is 94.1 Å². The number of aromatic nitrogens is 2. The molecule has 0 unspecified atom stereocenters. The average molecular weight is 551 g/mol. The van der Waals surface area contributed by atoms with Crippen LogP contribution in [0.2, 0.25) is 0 Å². The Hall–Kier alpha value is -4.11. The van der Waals surface area contributed by atoms with Gasteiger partial charge in [-0.1, -0.05) is 52.3 Å². The third kappa shape index (κ3) is 4.96. The first-order valence-electron chi connectivity index (χ1n) is 10.9. The van der Waals surface area contributed by atoms with E-state index in [4.69, 9.17) is 18.9 Å². The van der Waals surface area contributed by atoms with Gasteiger partial charge in [-0.15, -0.1) is 0 Å². The fourth-order valence-electron chi connectivity index (χ4n) is 3.69. The smallest absolute Gasteiger partial charge is 0.357 e. The summed E-state index contributed by atoms with van der Waals surface area (Å²) < 4.78 is 24.1. The van der Waals surface area contributed by atoms with Crippen LogP contribution >= 0.6 is 15.9 Å². The van der Waals surface area contributed by atoms with Crippen LogP contribution in [0.25, 0.3) is 16.9 Å². The van der Waals surface area contributed by atoms with Gasteiger partial charge in [0.05, 0.1) is 27.0 Å². The number of ether oxygens (including phenoxy) is 4. The molecule has 3 aromatic carbocycles. The number of rotatable bonds is 8. The quantitative estimate of drug-likeness (QED) is 0.269. The summed E-state index contributed by atoms with van der Waals surface area (Å²) in [5, 5.41) is 4.66. The summed E-state index contributed by atoms with van der Waals surface area (Å²) in [6.45, 7) is 0.234. The highest BCUT2D eigenvalue weighted by Crippen LogP contribution is 2.41. The van der Waals surface area contributed by atoms with Gasteiger partial charge in [0, 0.05) is 10.0 Å². The van der Waals surface area contributed by atoms with E-state index in [0.29, 0.717) is 22.7 Å². The molecule has 0 fully saturated rings. The highest BCUT2D eigenvalue weighted by molar-refractivity contribution is 9.10. The number of carbonyl (C=O) groups is 2. The van der Waals surface area contributed by atoms with Gasteiger partial charge < -0.3 is 18.9 Å². The largest absolute Gasteiger partial charge is 0.493 e. The lowest BCUT2D eigenvalue weighted by molar-refractivity contribution is 0.0549. The molecule has 0 amide bonds. The van der Waals surface area contributed by atoms with Crippen molar-refractivity contribution >= 4 is 27.9 Å². The molecule has 0 spiro atoms. The van der Waals surface area contributed by atoms with Gasteiger partial charge in [0.15, 0.2) is 17.2 Å². The average Bonchev–Trinajstić information content (AvgIpc) is 3.32. The van der Waals surface area contributed by atoms with Crippen molar-refractivity contribution in [2.75, 3.05) is 21.3 Å². The second-order valence-corrected chi connectivity index (χ2v) is 8.47. The van der Waals surface area contributed by atoms with Crippen LogP contribution in [0, 0.1) is 0 Å².